The second-order valence-electron chi connectivity index (χ2n) is 3.02. The molecule has 0 aromatic carbocycles. The number of carbonyl (C=O) groups excluding carboxylic acids is 1. The highest BCUT2D eigenvalue weighted by atomic mass is 35.5. The summed E-state index contributed by atoms with van der Waals surface area (Å²) in [7, 11) is 0. The van der Waals surface area contributed by atoms with E-state index in [0.717, 1.165) is 0 Å². The van der Waals surface area contributed by atoms with E-state index in [1.165, 1.54) is 11.3 Å². The molecule has 90 valence electrons. The van der Waals surface area contributed by atoms with E-state index in [-0.39, 0.29) is 24.7 Å². The number of rotatable bonds is 5. The van der Waals surface area contributed by atoms with Crippen LogP contribution >= 0.6 is 23.7 Å². The van der Waals surface area contributed by atoms with Crippen molar-refractivity contribution in [2.75, 3.05) is 6.54 Å². The zero-order chi connectivity index (χ0) is 11.3. The van der Waals surface area contributed by atoms with Crippen LogP contribution < -0.4 is 5.32 Å². The molecule has 1 aromatic rings. The largest absolute Gasteiger partial charge is 0.481 e. The van der Waals surface area contributed by atoms with Crippen molar-refractivity contribution >= 4 is 35.6 Å². The molecule has 7 heteroatoms. The number of carboxylic acids is 1. The standard InChI is InChI=1S/C9H12N2O3S.ClH/c1-6-8(15-5-11-6)9(14)10-4-2-3-7(12)13;/h5H,2-4H2,1H3,(H,10,14)(H,12,13);1H. The number of aryl methyl sites for hydroxylation is 1. The number of carbonyl (C=O) groups is 2. The maximum Gasteiger partial charge on any atom is 0.303 e. The molecular weight excluding hydrogens is 252 g/mol. The van der Waals surface area contributed by atoms with Crippen LogP contribution in [0.2, 0.25) is 0 Å². The molecule has 0 bridgehead atoms. The topological polar surface area (TPSA) is 79.3 Å². The Hall–Kier alpha value is -1.14. The number of carboxylic acid groups (broad SMARTS) is 1. The maximum absolute atomic E-state index is 11.5. The highest BCUT2D eigenvalue weighted by Crippen LogP contribution is 2.11. The van der Waals surface area contributed by atoms with Crippen molar-refractivity contribution in [2.24, 2.45) is 0 Å². The summed E-state index contributed by atoms with van der Waals surface area (Å²) >= 11 is 1.28. The average Bonchev–Trinajstić information content (AvgIpc) is 2.58. The SMILES string of the molecule is Cc1ncsc1C(=O)NCCCC(=O)O.Cl. The van der Waals surface area contributed by atoms with E-state index in [4.69, 9.17) is 5.11 Å². The molecule has 0 aliphatic carbocycles. The van der Waals surface area contributed by atoms with E-state index in [0.29, 0.717) is 23.5 Å². The van der Waals surface area contributed by atoms with Gasteiger partial charge in [0.2, 0.25) is 0 Å². The van der Waals surface area contributed by atoms with Gasteiger partial charge in [-0.25, -0.2) is 4.98 Å². The van der Waals surface area contributed by atoms with Crippen LogP contribution in [0.15, 0.2) is 5.51 Å². The molecular formula is C9H13ClN2O3S. The quantitative estimate of drug-likeness (QED) is 0.790. The van der Waals surface area contributed by atoms with Crippen LogP contribution in [-0.4, -0.2) is 28.5 Å². The first-order chi connectivity index (χ1) is 7.11. The van der Waals surface area contributed by atoms with Crippen LogP contribution in [0.3, 0.4) is 0 Å². The van der Waals surface area contributed by atoms with Gasteiger partial charge in [-0.05, 0) is 13.3 Å². The molecule has 0 saturated heterocycles. The minimum atomic E-state index is -0.849. The van der Waals surface area contributed by atoms with E-state index >= 15 is 0 Å². The molecule has 0 fully saturated rings. The normalized spacial score (nSPS) is 9.31. The number of thiazole rings is 1. The van der Waals surface area contributed by atoms with Crippen LogP contribution in [0.5, 0.6) is 0 Å². The van der Waals surface area contributed by atoms with Crippen molar-refractivity contribution in [1.82, 2.24) is 10.3 Å². The Balaban J connectivity index is 0.00000225. The fourth-order valence-electron chi connectivity index (χ4n) is 1.04. The fourth-order valence-corrected chi connectivity index (χ4v) is 1.76. The third kappa shape index (κ3) is 4.59. The van der Waals surface area contributed by atoms with Crippen molar-refractivity contribution in [3.63, 3.8) is 0 Å². The number of hydrogen-bond donors (Lipinski definition) is 2. The summed E-state index contributed by atoms with van der Waals surface area (Å²) in [4.78, 5) is 26.2. The third-order valence-electron chi connectivity index (χ3n) is 1.80. The molecule has 0 spiro atoms. The summed E-state index contributed by atoms with van der Waals surface area (Å²) in [6, 6.07) is 0. The minimum Gasteiger partial charge on any atom is -0.481 e. The second-order valence-corrected chi connectivity index (χ2v) is 3.87. The summed E-state index contributed by atoms with van der Waals surface area (Å²) < 4.78 is 0. The zero-order valence-corrected chi connectivity index (χ0v) is 10.4. The van der Waals surface area contributed by atoms with Gasteiger partial charge in [0.1, 0.15) is 4.88 Å². The Morgan fingerprint density at radius 2 is 2.25 bits per heavy atom. The van der Waals surface area contributed by atoms with Gasteiger partial charge >= 0.3 is 5.97 Å². The molecule has 0 unspecified atom stereocenters. The Bertz CT molecular complexity index is 367. The lowest BCUT2D eigenvalue weighted by atomic mass is 10.3. The monoisotopic (exact) mass is 264 g/mol. The Morgan fingerprint density at radius 3 is 2.75 bits per heavy atom. The van der Waals surface area contributed by atoms with Gasteiger partial charge in [0, 0.05) is 13.0 Å². The van der Waals surface area contributed by atoms with Gasteiger partial charge in [-0.1, -0.05) is 0 Å². The minimum absolute atomic E-state index is 0. The summed E-state index contributed by atoms with van der Waals surface area (Å²) in [6.45, 7) is 2.14. The van der Waals surface area contributed by atoms with Gasteiger partial charge in [0.05, 0.1) is 11.2 Å². The Labute approximate surface area is 103 Å². The lowest BCUT2D eigenvalue weighted by molar-refractivity contribution is -0.137. The average molecular weight is 265 g/mol. The molecule has 1 aromatic heterocycles. The molecule has 1 heterocycles. The van der Waals surface area contributed by atoms with Gasteiger partial charge in [-0.3, -0.25) is 9.59 Å². The van der Waals surface area contributed by atoms with Gasteiger partial charge in [0.25, 0.3) is 5.91 Å². The predicted molar refractivity (Wildman–Crippen MR) is 63.3 cm³/mol. The van der Waals surface area contributed by atoms with Crippen LogP contribution in [0, 0.1) is 6.92 Å². The van der Waals surface area contributed by atoms with Gasteiger partial charge in [-0.2, -0.15) is 0 Å². The third-order valence-corrected chi connectivity index (χ3v) is 2.73. The van der Waals surface area contributed by atoms with Crippen molar-refractivity contribution in [1.29, 1.82) is 0 Å². The maximum atomic E-state index is 11.5. The first-order valence-corrected chi connectivity index (χ1v) is 5.39. The van der Waals surface area contributed by atoms with Crippen LogP contribution in [-0.2, 0) is 4.79 Å². The van der Waals surface area contributed by atoms with Crippen LogP contribution in [0.25, 0.3) is 0 Å². The number of aliphatic carboxylic acids is 1. The lowest BCUT2D eigenvalue weighted by Gasteiger charge is -2.02. The highest BCUT2D eigenvalue weighted by molar-refractivity contribution is 7.11. The summed E-state index contributed by atoms with van der Waals surface area (Å²) in [5.74, 6) is -1.03. The summed E-state index contributed by atoms with van der Waals surface area (Å²) in [6.07, 6.45) is 0.515. The van der Waals surface area contributed by atoms with Crippen molar-refractivity contribution in [2.45, 2.75) is 19.8 Å². The zero-order valence-electron chi connectivity index (χ0n) is 8.73. The molecule has 5 nitrogen and oxygen atoms in total. The summed E-state index contributed by atoms with van der Waals surface area (Å²) in [5, 5.41) is 11.0. The molecule has 16 heavy (non-hydrogen) atoms. The highest BCUT2D eigenvalue weighted by Gasteiger charge is 2.10. The van der Waals surface area contributed by atoms with E-state index in [1.807, 2.05) is 0 Å². The van der Waals surface area contributed by atoms with E-state index in [9.17, 15) is 9.59 Å². The number of aromatic nitrogens is 1. The van der Waals surface area contributed by atoms with Gasteiger partial charge in [0.15, 0.2) is 0 Å². The number of nitrogens with zero attached hydrogens (tertiary/aromatic N) is 1. The Morgan fingerprint density at radius 1 is 1.56 bits per heavy atom. The van der Waals surface area contributed by atoms with Crippen molar-refractivity contribution in [3.05, 3.63) is 16.1 Å². The number of halogens is 1. The van der Waals surface area contributed by atoms with Crippen molar-refractivity contribution < 1.29 is 14.7 Å². The number of nitrogens with one attached hydrogen (secondary N) is 1. The van der Waals surface area contributed by atoms with E-state index in [1.54, 1.807) is 12.4 Å². The fraction of sp³-hybridized carbons (Fsp3) is 0.444. The first-order valence-electron chi connectivity index (χ1n) is 4.51. The first kappa shape index (κ1) is 14.9. The summed E-state index contributed by atoms with van der Waals surface area (Å²) in [5.41, 5.74) is 2.32. The van der Waals surface area contributed by atoms with Crippen LogP contribution in [0.1, 0.15) is 28.2 Å². The second kappa shape index (κ2) is 7.19. The number of amides is 1. The van der Waals surface area contributed by atoms with Gasteiger partial charge in [-0.15, -0.1) is 23.7 Å². The molecule has 0 radical (unpaired) electrons. The van der Waals surface area contributed by atoms with Crippen LogP contribution in [0.4, 0.5) is 0 Å². The molecule has 2 N–H and O–H groups in total. The Kier molecular flexibility index (Phi) is 6.67. The van der Waals surface area contributed by atoms with E-state index < -0.39 is 5.97 Å². The van der Waals surface area contributed by atoms with Crippen molar-refractivity contribution in [3.8, 4) is 0 Å². The molecule has 1 rings (SSSR count). The molecule has 0 aliphatic heterocycles. The van der Waals surface area contributed by atoms with Gasteiger partial charge < -0.3 is 10.4 Å². The number of hydrogen-bond acceptors (Lipinski definition) is 4. The predicted octanol–water partition coefficient (Wildman–Crippen LogP) is 1.47. The lowest BCUT2D eigenvalue weighted by Crippen LogP contribution is -2.24. The van der Waals surface area contributed by atoms with E-state index in [2.05, 4.69) is 10.3 Å². The smallest absolute Gasteiger partial charge is 0.303 e. The molecule has 0 atom stereocenters. The molecule has 1 amide bonds. The molecule has 0 aliphatic rings. The molecule has 0 saturated carbocycles.